The third-order valence-corrected chi connectivity index (χ3v) is 5.73. The van der Waals surface area contributed by atoms with Gasteiger partial charge in [-0.25, -0.2) is 0 Å². The number of rotatable bonds is 4. The Hall–Kier alpha value is -3.35. The van der Waals surface area contributed by atoms with Crippen LogP contribution in [-0.2, 0) is 31.3 Å². The maximum absolute atomic E-state index is 13.5. The van der Waals surface area contributed by atoms with E-state index < -0.39 is 5.79 Å². The molecule has 0 radical (unpaired) electrons. The van der Waals surface area contributed by atoms with Crippen LogP contribution in [0.5, 0.6) is 0 Å². The third kappa shape index (κ3) is 4.79. The lowest BCUT2D eigenvalue weighted by Gasteiger charge is -2.32. The first-order chi connectivity index (χ1) is 16.7. The first-order valence-corrected chi connectivity index (χ1v) is 11.7. The molecule has 6 heteroatoms. The molecule has 2 aromatic rings. The lowest BCUT2D eigenvalue weighted by molar-refractivity contribution is -0.256. The summed E-state index contributed by atoms with van der Waals surface area (Å²) in [5, 5.41) is 0. The van der Waals surface area contributed by atoms with Gasteiger partial charge in [-0.2, -0.15) is 0 Å². The minimum atomic E-state index is -1.43. The second kappa shape index (κ2) is 11.7. The molecule has 0 atom stereocenters. The van der Waals surface area contributed by atoms with Gasteiger partial charge in [0.1, 0.15) is 6.79 Å². The Bertz CT molecular complexity index is 1070. The molecule has 0 bridgehead atoms. The SMILES string of the molecule is C=O.CC.O=C(Cc1ccc2c(c1)C1(OCCCO1)C(=O)N2C1=CCCC=C1)c1ccccc1. The molecule has 1 saturated heterocycles. The molecule has 178 valence electrons. The molecule has 5 rings (SSSR count). The number of carbonyl (C=O) groups is 3. The van der Waals surface area contributed by atoms with Gasteiger partial charge in [0.05, 0.1) is 18.9 Å². The van der Waals surface area contributed by atoms with E-state index >= 15 is 0 Å². The largest absolute Gasteiger partial charge is 0.338 e. The number of Topliss-reactive ketones (excluding diaryl/α,β-unsaturated/α-hetero) is 1. The standard InChI is InChI=1S/C25H23NO4.C2H6.CH2O/c27-23(19-8-3-1-4-9-19)17-18-12-13-22-21(16-18)25(29-14-7-15-30-25)24(28)26(22)20-10-5-2-6-11-20;2*1-2/h1,3-5,8-13,16H,2,6-7,14-15,17H2;1-2H3;1H2. The van der Waals surface area contributed by atoms with Crippen molar-refractivity contribution < 1.29 is 23.9 Å². The fourth-order valence-corrected chi connectivity index (χ4v) is 4.27. The van der Waals surface area contributed by atoms with Crippen LogP contribution in [0.2, 0.25) is 0 Å². The highest BCUT2D eigenvalue weighted by molar-refractivity contribution is 6.09. The predicted octanol–water partition coefficient (Wildman–Crippen LogP) is 5.12. The topological polar surface area (TPSA) is 72.9 Å². The first-order valence-electron chi connectivity index (χ1n) is 11.7. The minimum absolute atomic E-state index is 0.0363. The molecule has 3 aliphatic rings. The Kier molecular flexibility index (Phi) is 8.68. The van der Waals surface area contributed by atoms with Crippen molar-refractivity contribution in [3.8, 4) is 0 Å². The van der Waals surface area contributed by atoms with Crippen molar-refractivity contribution in [2.75, 3.05) is 18.1 Å². The molecule has 0 saturated carbocycles. The number of ketones is 1. The summed E-state index contributed by atoms with van der Waals surface area (Å²) in [6.07, 6.45) is 8.97. The van der Waals surface area contributed by atoms with Gasteiger partial charge in [-0.1, -0.05) is 62.4 Å². The Labute approximate surface area is 200 Å². The summed E-state index contributed by atoms with van der Waals surface area (Å²) in [5.41, 5.74) is 3.80. The highest BCUT2D eigenvalue weighted by Gasteiger charge is 2.55. The van der Waals surface area contributed by atoms with E-state index in [2.05, 4.69) is 12.2 Å². The second-order valence-electron chi connectivity index (χ2n) is 7.73. The van der Waals surface area contributed by atoms with Crippen molar-refractivity contribution in [3.63, 3.8) is 0 Å². The van der Waals surface area contributed by atoms with E-state index in [0.29, 0.717) is 24.3 Å². The molecule has 2 aliphatic heterocycles. The van der Waals surface area contributed by atoms with Crippen molar-refractivity contribution in [2.45, 2.75) is 45.3 Å². The van der Waals surface area contributed by atoms with E-state index in [1.54, 1.807) is 4.90 Å². The quantitative estimate of drug-likeness (QED) is 0.591. The first kappa shape index (κ1) is 25.3. The molecular formula is C28H31NO5. The van der Waals surface area contributed by atoms with E-state index in [-0.39, 0.29) is 18.1 Å². The fourth-order valence-electron chi connectivity index (χ4n) is 4.27. The number of carbonyl (C=O) groups excluding carboxylic acids is 3. The van der Waals surface area contributed by atoms with Crippen molar-refractivity contribution in [3.05, 3.63) is 89.1 Å². The smallest absolute Gasteiger partial charge is 0.297 e. The molecule has 1 aliphatic carbocycles. The summed E-state index contributed by atoms with van der Waals surface area (Å²) in [6.45, 7) is 6.92. The summed E-state index contributed by atoms with van der Waals surface area (Å²) in [7, 11) is 0. The molecule has 1 fully saturated rings. The van der Waals surface area contributed by atoms with Gasteiger partial charge in [0, 0.05) is 23.2 Å². The maximum Gasteiger partial charge on any atom is 0.297 e. The molecule has 0 N–H and O–H groups in total. The van der Waals surface area contributed by atoms with Crippen LogP contribution in [0.25, 0.3) is 0 Å². The van der Waals surface area contributed by atoms with Gasteiger partial charge >= 0.3 is 0 Å². The Morgan fingerprint density at radius 2 is 1.74 bits per heavy atom. The normalized spacial score (nSPS) is 17.6. The average molecular weight is 462 g/mol. The van der Waals surface area contributed by atoms with Crippen molar-refractivity contribution >= 4 is 24.2 Å². The van der Waals surface area contributed by atoms with Gasteiger partial charge in [0.25, 0.3) is 11.7 Å². The number of anilines is 1. The van der Waals surface area contributed by atoms with Gasteiger partial charge in [-0.05, 0) is 43.0 Å². The van der Waals surface area contributed by atoms with Crippen LogP contribution >= 0.6 is 0 Å². The molecule has 1 spiro atoms. The summed E-state index contributed by atoms with van der Waals surface area (Å²) in [6, 6.07) is 15.0. The lowest BCUT2D eigenvalue weighted by Crippen LogP contribution is -2.46. The highest BCUT2D eigenvalue weighted by atomic mass is 16.7. The molecule has 34 heavy (non-hydrogen) atoms. The average Bonchev–Trinajstić information content (AvgIpc) is 3.14. The number of hydrogen-bond donors (Lipinski definition) is 0. The zero-order chi connectivity index (χ0) is 24.6. The van der Waals surface area contributed by atoms with E-state index in [9.17, 15) is 9.59 Å². The van der Waals surface area contributed by atoms with Crippen LogP contribution in [0.1, 0.15) is 54.6 Å². The number of allylic oxidation sites excluding steroid dienone is 3. The van der Waals surface area contributed by atoms with Crippen LogP contribution in [0, 0.1) is 0 Å². The second-order valence-corrected chi connectivity index (χ2v) is 7.73. The van der Waals surface area contributed by atoms with Gasteiger partial charge < -0.3 is 14.3 Å². The molecule has 6 nitrogen and oxygen atoms in total. The molecule has 1 amide bonds. The van der Waals surface area contributed by atoms with Crippen LogP contribution in [0.15, 0.2) is 72.5 Å². The lowest BCUT2D eigenvalue weighted by atomic mass is 9.98. The summed E-state index contributed by atoms with van der Waals surface area (Å²) >= 11 is 0. The van der Waals surface area contributed by atoms with Crippen LogP contribution < -0.4 is 4.90 Å². The predicted molar refractivity (Wildman–Crippen MR) is 132 cm³/mol. The van der Waals surface area contributed by atoms with Crippen LogP contribution in [-0.4, -0.2) is 31.7 Å². The summed E-state index contributed by atoms with van der Waals surface area (Å²) in [4.78, 5) is 35.9. The van der Waals surface area contributed by atoms with Gasteiger partial charge in [0.2, 0.25) is 0 Å². The third-order valence-electron chi connectivity index (χ3n) is 5.73. The molecule has 2 aromatic carbocycles. The van der Waals surface area contributed by atoms with Crippen molar-refractivity contribution in [1.29, 1.82) is 0 Å². The van der Waals surface area contributed by atoms with Gasteiger partial charge in [-0.3, -0.25) is 14.5 Å². The molecular weight excluding hydrogens is 430 g/mol. The number of benzene rings is 2. The monoisotopic (exact) mass is 461 g/mol. The summed E-state index contributed by atoms with van der Waals surface area (Å²) < 4.78 is 12.0. The van der Waals surface area contributed by atoms with E-state index in [1.807, 2.05) is 75.2 Å². The van der Waals surface area contributed by atoms with Crippen molar-refractivity contribution in [2.24, 2.45) is 0 Å². The van der Waals surface area contributed by atoms with E-state index in [1.165, 1.54) is 0 Å². The Balaban J connectivity index is 0.000000771. The molecule has 0 aromatic heterocycles. The maximum atomic E-state index is 13.5. The molecule has 0 unspecified atom stereocenters. The fraction of sp³-hybridized carbons (Fsp3) is 0.321. The highest BCUT2D eigenvalue weighted by Crippen LogP contribution is 2.47. The molecule has 2 heterocycles. The number of hydrogen-bond acceptors (Lipinski definition) is 5. The number of nitrogens with zero attached hydrogens (tertiary/aromatic N) is 1. The minimum Gasteiger partial charge on any atom is -0.338 e. The van der Waals surface area contributed by atoms with E-state index in [0.717, 1.165) is 36.2 Å². The van der Waals surface area contributed by atoms with Crippen LogP contribution in [0.3, 0.4) is 0 Å². The number of amides is 1. The zero-order valence-electron chi connectivity index (χ0n) is 19.8. The Morgan fingerprint density at radius 1 is 1.03 bits per heavy atom. The summed E-state index contributed by atoms with van der Waals surface area (Å²) in [5.74, 6) is -1.61. The van der Waals surface area contributed by atoms with E-state index in [4.69, 9.17) is 14.3 Å². The Morgan fingerprint density at radius 3 is 2.38 bits per heavy atom. The van der Waals surface area contributed by atoms with Gasteiger partial charge in [-0.15, -0.1) is 0 Å². The number of fused-ring (bicyclic) bond motifs is 2. The van der Waals surface area contributed by atoms with Crippen LogP contribution in [0.4, 0.5) is 5.69 Å². The van der Waals surface area contributed by atoms with Crippen molar-refractivity contribution in [1.82, 2.24) is 0 Å². The number of ether oxygens (including phenoxy) is 2. The zero-order valence-corrected chi connectivity index (χ0v) is 19.8. The van der Waals surface area contributed by atoms with Gasteiger partial charge in [0.15, 0.2) is 5.78 Å².